The highest BCUT2D eigenvalue weighted by atomic mass is 35.5. The summed E-state index contributed by atoms with van der Waals surface area (Å²) in [5, 5.41) is 13.0. The van der Waals surface area contributed by atoms with E-state index in [0.717, 1.165) is 9.21 Å². The number of halogens is 1. The first-order valence-electron chi connectivity index (χ1n) is 4.89. The summed E-state index contributed by atoms with van der Waals surface area (Å²) in [6.45, 7) is 0.695. The van der Waals surface area contributed by atoms with Gasteiger partial charge in [-0.3, -0.25) is 0 Å². The summed E-state index contributed by atoms with van der Waals surface area (Å²) >= 11 is 7.35. The monoisotopic (exact) mass is 231 g/mol. The number of nitrogens with one attached hydrogen (secondary N) is 1. The molecule has 1 atom stereocenters. The Morgan fingerprint density at radius 2 is 2.36 bits per heavy atom. The minimum Gasteiger partial charge on any atom is -0.391 e. The van der Waals surface area contributed by atoms with Crippen LogP contribution in [0.3, 0.4) is 0 Å². The van der Waals surface area contributed by atoms with Gasteiger partial charge in [0, 0.05) is 23.9 Å². The van der Waals surface area contributed by atoms with Crippen LogP contribution in [-0.2, 0) is 6.42 Å². The quantitative estimate of drug-likeness (QED) is 0.813. The molecule has 0 bridgehead atoms. The van der Waals surface area contributed by atoms with Crippen molar-refractivity contribution < 1.29 is 5.11 Å². The highest BCUT2D eigenvalue weighted by Gasteiger charge is 2.21. The van der Waals surface area contributed by atoms with E-state index in [1.54, 1.807) is 11.3 Å². The summed E-state index contributed by atoms with van der Waals surface area (Å²) in [6.07, 6.45) is 2.94. The van der Waals surface area contributed by atoms with Crippen LogP contribution in [0.4, 0.5) is 0 Å². The lowest BCUT2D eigenvalue weighted by Gasteiger charge is -2.09. The van der Waals surface area contributed by atoms with Crippen molar-refractivity contribution >= 4 is 22.9 Å². The summed E-state index contributed by atoms with van der Waals surface area (Å²) in [7, 11) is 0. The molecule has 0 radical (unpaired) electrons. The summed E-state index contributed by atoms with van der Waals surface area (Å²) in [5.41, 5.74) is 0. The molecule has 1 aliphatic carbocycles. The maximum absolute atomic E-state index is 9.69. The molecule has 1 unspecified atom stereocenters. The van der Waals surface area contributed by atoms with Crippen molar-refractivity contribution in [3.63, 3.8) is 0 Å². The second-order valence-electron chi connectivity index (χ2n) is 3.75. The first-order chi connectivity index (χ1) is 6.74. The number of aliphatic hydroxyl groups is 1. The Balaban J connectivity index is 1.72. The van der Waals surface area contributed by atoms with Gasteiger partial charge in [-0.25, -0.2) is 0 Å². The zero-order valence-corrected chi connectivity index (χ0v) is 9.44. The standard InChI is InChI=1S/C10H14ClNOS/c11-10-4-3-9(14-10)5-8(13)6-12-7-1-2-7/h3-4,7-8,12-13H,1-2,5-6H2. The van der Waals surface area contributed by atoms with E-state index >= 15 is 0 Å². The van der Waals surface area contributed by atoms with Crippen LogP contribution in [0.5, 0.6) is 0 Å². The highest BCUT2D eigenvalue weighted by Crippen LogP contribution is 2.23. The fraction of sp³-hybridized carbons (Fsp3) is 0.600. The molecule has 0 aliphatic heterocycles. The average molecular weight is 232 g/mol. The van der Waals surface area contributed by atoms with Gasteiger partial charge in [-0.1, -0.05) is 11.6 Å². The molecule has 1 aromatic rings. The summed E-state index contributed by atoms with van der Waals surface area (Å²) < 4.78 is 0.794. The van der Waals surface area contributed by atoms with E-state index in [4.69, 9.17) is 11.6 Å². The molecule has 0 saturated heterocycles. The van der Waals surface area contributed by atoms with Gasteiger partial charge < -0.3 is 10.4 Å². The van der Waals surface area contributed by atoms with Gasteiger partial charge >= 0.3 is 0 Å². The van der Waals surface area contributed by atoms with Gasteiger partial charge in [0.1, 0.15) is 0 Å². The predicted octanol–water partition coefficient (Wildman–Crippen LogP) is 2.06. The second kappa shape index (κ2) is 4.62. The molecule has 1 fully saturated rings. The maximum Gasteiger partial charge on any atom is 0.0931 e. The zero-order valence-electron chi connectivity index (χ0n) is 7.87. The first kappa shape index (κ1) is 10.4. The molecule has 1 saturated carbocycles. The first-order valence-corrected chi connectivity index (χ1v) is 6.09. The van der Waals surface area contributed by atoms with E-state index in [1.807, 2.05) is 12.1 Å². The van der Waals surface area contributed by atoms with Gasteiger partial charge in [0.25, 0.3) is 0 Å². The Morgan fingerprint density at radius 3 is 2.93 bits per heavy atom. The molecule has 0 amide bonds. The fourth-order valence-electron chi connectivity index (χ4n) is 1.36. The van der Waals surface area contributed by atoms with Crippen LogP contribution in [0, 0.1) is 0 Å². The summed E-state index contributed by atoms with van der Waals surface area (Å²) in [6, 6.07) is 4.52. The lowest BCUT2D eigenvalue weighted by molar-refractivity contribution is 0.172. The van der Waals surface area contributed by atoms with Crippen LogP contribution in [0.15, 0.2) is 12.1 Å². The Bertz CT molecular complexity index is 298. The molecule has 0 aromatic carbocycles. The van der Waals surface area contributed by atoms with Crippen molar-refractivity contribution in [3.8, 4) is 0 Å². The number of rotatable bonds is 5. The molecular formula is C10H14ClNOS. The van der Waals surface area contributed by atoms with Gasteiger partial charge in [0.05, 0.1) is 10.4 Å². The minimum atomic E-state index is -0.287. The van der Waals surface area contributed by atoms with Crippen molar-refractivity contribution in [1.29, 1.82) is 0 Å². The molecule has 1 aliphatic rings. The van der Waals surface area contributed by atoms with Gasteiger partial charge in [0.15, 0.2) is 0 Å². The smallest absolute Gasteiger partial charge is 0.0931 e. The molecule has 14 heavy (non-hydrogen) atoms. The molecule has 2 nitrogen and oxygen atoms in total. The number of hydrogen-bond donors (Lipinski definition) is 2. The number of hydrogen-bond acceptors (Lipinski definition) is 3. The van der Waals surface area contributed by atoms with Crippen molar-refractivity contribution in [3.05, 3.63) is 21.3 Å². The van der Waals surface area contributed by atoms with Crippen molar-refractivity contribution in [2.24, 2.45) is 0 Å². The van der Waals surface area contributed by atoms with Gasteiger partial charge in [-0.2, -0.15) is 0 Å². The molecule has 4 heteroatoms. The van der Waals surface area contributed by atoms with Crippen molar-refractivity contribution in [1.82, 2.24) is 5.32 Å². The SMILES string of the molecule is OC(CNC1CC1)Cc1ccc(Cl)s1. The number of thiophene rings is 1. The van der Waals surface area contributed by atoms with Gasteiger partial charge in [0.2, 0.25) is 0 Å². The lowest BCUT2D eigenvalue weighted by Crippen LogP contribution is -2.29. The van der Waals surface area contributed by atoms with Crippen molar-refractivity contribution in [2.75, 3.05) is 6.54 Å². The number of aliphatic hydroxyl groups excluding tert-OH is 1. The molecule has 78 valence electrons. The van der Waals surface area contributed by atoms with E-state index in [0.29, 0.717) is 19.0 Å². The largest absolute Gasteiger partial charge is 0.391 e. The zero-order chi connectivity index (χ0) is 9.97. The molecule has 1 heterocycles. The molecule has 2 rings (SSSR count). The third kappa shape index (κ3) is 3.24. The summed E-state index contributed by atoms with van der Waals surface area (Å²) in [5.74, 6) is 0. The van der Waals surface area contributed by atoms with Crippen LogP contribution in [0.1, 0.15) is 17.7 Å². The third-order valence-corrected chi connectivity index (χ3v) is 3.54. The van der Waals surface area contributed by atoms with Crippen LogP contribution >= 0.6 is 22.9 Å². The predicted molar refractivity (Wildman–Crippen MR) is 60.1 cm³/mol. The second-order valence-corrected chi connectivity index (χ2v) is 5.55. The minimum absolute atomic E-state index is 0.287. The molecule has 1 aromatic heterocycles. The fourth-order valence-corrected chi connectivity index (χ4v) is 2.51. The molecule has 0 spiro atoms. The van der Waals surface area contributed by atoms with E-state index in [2.05, 4.69) is 5.32 Å². The lowest BCUT2D eigenvalue weighted by atomic mass is 10.2. The Kier molecular flexibility index (Phi) is 3.44. The Morgan fingerprint density at radius 1 is 1.57 bits per heavy atom. The van der Waals surface area contributed by atoms with Crippen molar-refractivity contribution in [2.45, 2.75) is 31.4 Å². The van der Waals surface area contributed by atoms with E-state index in [9.17, 15) is 5.11 Å². The van der Waals surface area contributed by atoms with Crippen LogP contribution in [0.25, 0.3) is 0 Å². The topological polar surface area (TPSA) is 32.3 Å². The average Bonchev–Trinajstić information content (AvgIpc) is 2.88. The maximum atomic E-state index is 9.69. The normalized spacial score (nSPS) is 18.4. The molecule has 2 N–H and O–H groups in total. The third-order valence-electron chi connectivity index (χ3n) is 2.29. The van der Waals surface area contributed by atoms with E-state index in [1.165, 1.54) is 12.8 Å². The highest BCUT2D eigenvalue weighted by molar-refractivity contribution is 7.16. The van der Waals surface area contributed by atoms with Crippen LogP contribution in [-0.4, -0.2) is 23.8 Å². The Labute approximate surface area is 92.9 Å². The van der Waals surface area contributed by atoms with Gasteiger partial charge in [-0.05, 0) is 25.0 Å². The van der Waals surface area contributed by atoms with E-state index < -0.39 is 0 Å². The van der Waals surface area contributed by atoms with Crippen LogP contribution in [0.2, 0.25) is 4.34 Å². The Hall–Kier alpha value is -0.0900. The molecular weight excluding hydrogens is 218 g/mol. The van der Waals surface area contributed by atoms with E-state index in [-0.39, 0.29) is 6.10 Å². The summed E-state index contributed by atoms with van der Waals surface area (Å²) in [4.78, 5) is 1.15. The van der Waals surface area contributed by atoms with Gasteiger partial charge in [-0.15, -0.1) is 11.3 Å². The van der Waals surface area contributed by atoms with Crippen LogP contribution < -0.4 is 5.32 Å².